The van der Waals surface area contributed by atoms with Crippen molar-refractivity contribution in [3.63, 3.8) is 0 Å². The van der Waals surface area contributed by atoms with E-state index >= 15 is 0 Å². The van der Waals surface area contributed by atoms with Crippen LogP contribution in [-0.2, 0) is 21.3 Å². The largest absolute Gasteiger partial charge is 0.383 e. The number of rotatable bonds is 8. The number of nitrogens with one attached hydrogen (secondary N) is 2. The number of benzene rings is 1. The molecule has 0 aliphatic heterocycles. The van der Waals surface area contributed by atoms with Crippen LogP contribution in [0.3, 0.4) is 0 Å². The van der Waals surface area contributed by atoms with E-state index in [4.69, 9.17) is 4.74 Å². The van der Waals surface area contributed by atoms with Crippen LogP contribution in [0, 0.1) is 12.7 Å². The minimum absolute atomic E-state index is 0.0286. The molecule has 0 amide bonds. The Balaban J connectivity index is 3.04. The lowest BCUT2D eigenvalue weighted by molar-refractivity contribution is 0.204. The van der Waals surface area contributed by atoms with Crippen LogP contribution in [0.4, 0.5) is 4.39 Å². The highest BCUT2D eigenvalue weighted by Crippen LogP contribution is 2.20. The molecule has 0 spiro atoms. The van der Waals surface area contributed by atoms with Gasteiger partial charge in [-0.2, -0.15) is 0 Å². The number of ether oxygens (including phenoxy) is 1. The second-order valence-electron chi connectivity index (χ2n) is 5.13. The van der Waals surface area contributed by atoms with Gasteiger partial charge in [-0.25, -0.2) is 17.5 Å². The normalized spacial score (nSPS) is 12.1. The molecule has 0 aliphatic carbocycles. The fraction of sp³-hybridized carbons (Fsp3) is 0.571. The molecular formula is C14H23FN2O3S. The van der Waals surface area contributed by atoms with Gasteiger partial charge in [0.25, 0.3) is 0 Å². The van der Waals surface area contributed by atoms with Crippen molar-refractivity contribution in [2.24, 2.45) is 0 Å². The van der Waals surface area contributed by atoms with Crippen LogP contribution >= 0.6 is 0 Å². The van der Waals surface area contributed by atoms with Gasteiger partial charge in [0, 0.05) is 31.8 Å². The lowest BCUT2D eigenvalue weighted by Crippen LogP contribution is -2.28. The van der Waals surface area contributed by atoms with Crippen LogP contribution in [0.15, 0.2) is 17.0 Å². The van der Waals surface area contributed by atoms with Gasteiger partial charge in [-0.3, -0.25) is 0 Å². The van der Waals surface area contributed by atoms with E-state index in [0.717, 1.165) is 0 Å². The molecule has 0 radical (unpaired) electrons. The van der Waals surface area contributed by atoms with Crippen molar-refractivity contribution in [3.8, 4) is 0 Å². The van der Waals surface area contributed by atoms with E-state index in [2.05, 4.69) is 10.0 Å². The standard InChI is InChI=1S/C14H23FN2O3S/c1-10(2)16-9-12-7-13(15)11(3)14(8-12)21(18,19)17-5-6-20-4/h7-8,10,16-17H,5-6,9H2,1-4H3. The smallest absolute Gasteiger partial charge is 0.241 e. The maximum Gasteiger partial charge on any atom is 0.241 e. The first kappa shape index (κ1) is 18.0. The first-order valence-electron chi connectivity index (χ1n) is 6.79. The van der Waals surface area contributed by atoms with Gasteiger partial charge in [0.1, 0.15) is 5.82 Å². The highest BCUT2D eigenvalue weighted by molar-refractivity contribution is 7.89. The van der Waals surface area contributed by atoms with Crippen molar-refractivity contribution in [2.45, 2.75) is 38.3 Å². The summed E-state index contributed by atoms with van der Waals surface area (Å²) < 4.78 is 45.6. The maximum atomic E-state index is 13.9. The summed E-state index contributed by atoms with van der Waals surface area (Å²) in [6.45, 7) is 6.21. The zero-order valence-corrected chi connectivity index (χ0v) is 13.7. The van der Waals surface area contributed by atoms with Gasteiger partial charge in [-0.1, -0.05) is 13.8 Å². The lowest BCUT2D eigenvalue weighted by atomic mass is 10.1. The van der Waals surface area contributed by atoms with E-state index in [0.29, 0.717) is 12.1 Å². The molecule has 5 nitrogen and oxygen atoms in total. The summed E-state index contributed by atoms with van der Waals surface area (Å²) in [6, 6.07) is 3.09. The molecule has 0 saturated heterocycles. The minimum atomic E-state index is -3.74. The number of hydrogen-bond donors (Lipinski definition) is 2. The van der Waals surface area contributed by atoms with Gasteiger partial charge in [0.2, 0.25) is 10.0 Å². The predicted molar refractivity (Wildman–Crippen MR) is 80.2 cm³/mol. The van der Waals surface area contributed by atoms with E-state index in [-0.39, 0.29) is 29.7 Å². The van der Waals surface area contributed by atoms with Crippen LogP contribution in [-0.4, -0.2) is 34.7 Å². The molecule has 7 heteroatoms. The van der Waals surface area contributed by atoms with Crippen molar-refractivity contribution >= 4 is 10.0 Å². The molecule has 0 heterocycles. The molecule has 1 rings (SSSR count). The van der Waals surface area contributed by atoms with Crippen molar-refractivity contribution in [2.75, 3.05) is 20.3 Å². The Kier molecular flexibility index (Phi) is 6.73. The molecule has 0 bridgehead atoms. The monoisotopic (exact) mass is 318 g/mol. The summed E-state index contributed by atoms with van der Waals surface area (Å²) in [5.41, 5.74) is 0.715. The quantitative estimate of drug-likeness (QED) is 0.714. The second kappa shape index (κ2) is 7.84. The van der Waals surface area contributed by atoms with Gasteiger partial charge in [-0.15, -0.1) is 0 Å². The van der Waals surface area contributed by atoms with Crippen molar-refractivity contribution < 1.29 is 17.5 Å². The lowest BCUT2D eigenvalue weighted by Gasteiger charge is -2.13. The fourth-order valence-electron chi connectivity index (χ4n) is 1.77. The summed E-state index contributed by atoms with van der Waals surface area (Å²) in [4.78, 5) is -0.0286. The second-order valence-corrected chi connectivity index (χ2v) is 6.86. The average molecular weight is 318 g/mol. The van der Waals surface area contributed by atoms with E-state index in [1.165, 1.54) is 26.2 Å². The Bertz CT molecular complexity index is 574. The summed E-state index contributed by atoms with van der Waals surface area (Å²) in [5, 5.41) is 3.14. The molecular weight excluding hydrogens is 295 g/mol. The molecule has 0 atom stereocenters. The minimum Gasteiger partial charge on any atom is -0.383 e. The maximum absolute atomic E-state index is 13.9. The van der Waals surface area contributed by atoms with Crippen LogP contribution in [0.5, 0.6) is 0 Å². The molecule has 21 heavy (non-hydrogen) atoms. The van der Waals surface area contributed by atoms with Gasteiger partial charge in [-0.05, 0) is 24.6 Å². The summed E-state index contributed by atoms with van der Waals surface area (Å²) in [7, 11) is -2.26. The molecule has 2 N–H and O–H groups in total. The van der Waals surface area contributed by atoms with E-state index in [1.807, 2.05) is 13.8 Å². The van der Waals surface area contributed by atoms with E-state index in [9.17, 15) is 12.8 Å². The molecule has 0 aliphatic rings. The number of hydrogen-bond acceptors (Lipinski definition) is 4. The molecule has 0 saturated carbocycles. The molecule has 1 aromatic carbocycles. The first-order chi connectivity index (χ1) is 9.77. The van der Waals surface area contributed by atoms with Crippen LogP contribution < -0.4 is 10.0 Å². The van der Waals surface area contributed by atoms with Crippen molar-refractivity contribution in [1.82, 2.24) is 10.0 Å². The third-order valence-electron chi connectivity index (χ3n) is 2.96. The molecule has 0 aromatic heterocycles. The highest BCUT2D eigenvalue weighted by atomic mass is 32.2. The molecule has 0 fully saturated rings. The first-order valence-corrected chi connectivity index (χ1v) is 8.27. The van der Waals surface area contributed by atoms with E-state index < -0.39 is 15.8 Å². The Labute approximate surface area is 125 Å². The van der Waals surface area contributed by atoms with Crippen LogP contribution in [0.1, 0.15) is 25.0 Å². The van der Waals surface area contributed by atoms with Gasteiger partial charge < -0.3 is 10.1 Å². The van der Waals surface area contributed by atoms with Gasteiger partial charge in [0.15, 0.2) is 0 Å². The average Bonchev–Trinajstić information content (AvgIpc) is 2.39. The van der Waals surface area contributed by atoms with Crippen LogP contribution in [0.2, 0.25) is 0 Å². The SMILES string of the molecule is COCCNS(=O)(=O)c1cc(CNC(C)C)cc(F)c1C. The fourth-order valence-corrected chi connectivity index (χ4v) is 3.08. The molecule has 1 aromatic rings. The molecule has 0 unspecified atom stereocenters. The Morgan fingerprint density at radius 1 is 1.33 bits per heavy atom. The Morgan fingerprint density at radius 2 is 2.00 bits per heavy atom. The number of sulfonamides is 1. The van der Waals surface area contributed by atoms with Crippen molar-refractivity contribution in [3.05, 3.63) is 29.1 Å². The summed E-state index contributed by atoms with van der Waals surface area (Å²) >= 11 is 0. The molecule has 120 valence electrons. The zero-order valence-electron chi connectivity index (χ0n) is 12.9. The highest BCUT2D eigenvalue weighted by Gasteiger charge is 2.19. The predicted octanol–water partition coefficient (Wildman–Crippen LogP) is 1.56. The summed E-state index contributed by atoms with van der Waals surface area (Å²) in [6.07, 6.45) is 0. The van der Waals surface area contributed by atoms with Gasteiger partial charge >= 0.3 is 0 Å². The third-order valence-corrected chi connectivity index (χ3v) is 4.55. The zero-order chi connectivity index (χ0) is 16.0. The topological polar surface area (TPSA) is 67.4 Å². The third kappa shape index (κ3) is 5.35. The van der Waals surface area contributed by atoms with Gasteiger partial charge in [0.05, 0.1) is 11.5 Å². The number of methoxy groups -OCH3 is 1. The van der Waals surface area contributed by atoms with Crippen LogP contribution in [0.25, 0.3) is 0 Å². The summed E-state index contributed by atoms with van der Waals surface area (Å²) in [5.74, 6) is -0.523. The van der Waals surface area contributed by atoms with E-state index in [1.54, 1.807) is 0 Å². The number of halogens is 1. The van der Waals surface area contributed by atoms with Crippen molar-refractivity contribution in [1.29, 1.82) is 0 Å². The Hall–Kier alpha value is -1.02. The Morgan fingerprint density at radius 3 is 2.57 bits per heavy atom.